The Morgan fingerprint density at radius 2 is 1.90 bits per heavy atom. The molecule has 0 unspecified atom stereocenters. The summed E-state index contributed by atoms with van der Waals surface area (Å²) in [5.41, 5.74) is 7.05. The van der Waals surface area contributed by atoms with Crippen LogP contribution in [0.4, 0.5) is 10.5 Å². The van der Waals surface area contributed by atoms with Crippen molar-refractivity contribution in [3.8, 4) is 0 Å². The monoisotopic (exact) mass is 355 g/mol. The van der Waals surface area contributed by atoms with E-state index in [0.717, 1.165) is 30.4 Å². The molecule has 1 aromatic carbocycles. The van der Waals surface area contributed by atoms with Crippen LogP contribution in [0.3, 0.4) is 0 Å². The number of nitrogens with one attached hydrogen (secondary N) is 1. The summed E-state index contributed by atoms with van der Waals surface area (Å²) in [5.74, 6) is 0. The van der Waals surface area contributed by atoms with Crippen molar-refractivity contribution in [2.75, 3.05) is 18.4 Å². The Morgan fingerprint density at radius 1 is 1.25 bits per heavy atom. The molecule has 1 heterocycles. The first-order chi connectivity index (χ1) is 9.58. The number of carbonyl (C=O) groups excluding carboxylic acids is 1. The van der Waals surface area contributed by atoms with E-state index in [1.807, 2.05) is 23.1 Å². The van der Waals surface area contributed by atoms with Gasteiger partial charge in [0.2, 0.25) is 0 Å². The third kappa shape index (κ3) is 3.93. The zero-order valence-electron chi connectivity index (χ0n) is 11.2. The van der Waals surface area contributed by atoms with Crippen LogP contribution in [-0.4, -0.2) is 29.0 Å². The summed E-state index contributed by atoms with van der Waals surface area (Å²) in [6.45, 7) is 1.62. The van der Waals surface area contributed by atoms with Crippen molar-refractivity contribution < 1.29 is 4.79 Å². The first-order valence-electron chi connectivity index (χ1n) is 6.73. The van der Waals surface area contributed by atoms with Gasteiger partial charge in [0, 0.05) is 23.1 Å². The van der Waals surface area contributed by atoms with Gasteiger partial charge in [-0.1, -0.05) is 41.0 Å². The van der Waals surface area contributed by atoms with Crippen molar-refractivity contribution in [3.63, 3.8) is 0 Å². The molecule has 2 rings (SSSR count). The molecule has 1 fully saturated rings. The molecule has 20 heavy (non-hydrogen) atoms. The molecule has 6 heteroatoms. The molecule has 3 N–H and O–H groups in total. The highest BCUT2D eigenvalue weighted by molar-refractivity contribution is 9.10. The first kappa shape index (κ1) is 15.3. The molecule has 0 spiro atoms. The molecule has 0 aliphatic carbocycles. The molecule has 1 aliphatic rings. The molecule has 1 aliphatic heterocycles. The number of benzene rings is 1. The molecule has 4 nitrogen and oxygen atoms in total. The average Bonchev–Trinajstić information content (AvgIpc) is 2.69. The SMILES string of the molecule is NC(=S)c1cc(Br)ccc1NC(=O)N1CCCCCC1. The quantitative estimate of drug-likeness (QED) is 0.798. The van der Waals surface area contributed by atoms with E-state index in [-0.39, 0.29) is 11.0 Å². The average molecular weight is 356 g/mol. The maximum atomic E-state index is 12.3. The standard InChI is InChI=1S/C14H18BrN3OS/c15-10-5-6-12(11(9-10)13(16)20)17-14(19)18-7-3-1-2-4-8-18/h5-6,9H,1-4,7-8H2,(H2,16,20)(H,17,19). The molecule has 0 atom stereocenters. The summed E-state index contributed by atoms with van der Waals surface area (Å²) in [6.07, 6.45) is 4.52. The fourth-order valence-electron chi connectivity index (χ4n) is 2.30. The summed E-state index contributed by atoms with van der Waals surface area (Å²) >= 11 is 8.41. The van der Waals surface area contributed by atoms with Gasteiger partial charge in [0.1, 0.15) is 4.99 Å². The van der Waals surface area contributed by atoms with E-state index < -0.39 is 0 Å². The van der Waals surface area contributed by atoms with Gasteiger partial charge in [-0.25, -0.2) is 4.79 Å². The lowest BCUT2D eigenvalue weighted by Gasteiger charge is -2.21. The Kier molecular flexibility index (Phi) is 5.37. The third-order valence-corrected chi connectivity index (χ3v) is 4.10. The van der Waals surface area contributed by atoms with Crippen LogP contribution in [0.2, 0.25) is 0 Å². The van der Waals surface area contributed by atoms with E-state index in [9.17, 15) is 4.79 Å². The molecule has 0 radical (unpaired) electrons. The third-order valence-electron chi connectivity index (χ3n) is 3.38. The summed E-state index contributed by atoms with van der Waals surface area (Å²) in [4.78, 5) is 14.4. The highest BCUT2D eigenvalue weighted by Gasteiger charge is 2.17. The summed E-state index contributed by atoms with van der Waals surface area (Å²) < 4.78 is 0.882. The van der Waals surface area contributed by atoms with Crippen molar-refractivity contribution in [3.05, 3.63) is 28.2 Å². The Hall–Kier alpha value is -1.14. The van der Waals surface area contributed by atoms with Gasteiger partial charge >= 0.3 is 6.03 Å². The Balaban J connectivity index is 2.12. The molecular weight excluding hydrogens is 338 g/mol. The molecule has 0 saturated carbocycles. The second-order valence-corrected chi connectivity index (χ2v) is 6.24. The number of anilines is 1. The van der Waals surface area contributed by atoms with Crippen LogP contribution in [-0.2, 0) is 0 Å². The number of halogens is 1. The number of nitrogens with two attached hydrogens (primary N) is 1. The highest BCUT2D eigenvalue weighted by atomic mass is 79.9. The number of amides is 2. The fraction of sp³-hybridized carbons (Fsp3) is 0.429. The van der Waals surface area contributed by atoms with Crippen molar-refractivity contribution in [1.82, 2.24) is 4.90 Å². The maximum Gasteiger partial charge on any atom is 0.321 e. The Bertz CT molecular complexity index is 513. The van der Waals surface area contributed by atoms with Gasteiger partial charge in [-0.2, -0.15) is 0 Å². The van der Waals surface area contributed by atoms with Gasteiger partial charge in [0.05, 0.1) is 5.69 Å². The number of thiocarbonyl (C=S) groups is 1. The van der Waals surface area contributed by atoms with Crippen molar-refractivity contribution in [2.24, 2.45) is 5.73 Å². The largest absolute Gasteiger partial charge is 0.389 e. The highest BCUT2D eigenvalue weighted by Crippen LogP contribution is 2.22. The minimum atomic E-state index is -0.0771. The topological polar surface area (TPSA) is 58.4 Å². The van der Waals surface area contributed by atoms with Crippen LogP contribution < -0.4 is 11.1 Å². The van der Waals surface area contributed by atoms with E-state index in [4.69, 9.17) is 18.0 Å². The van der Waals surface area contributed by atoms with E-state index in [0.29, 0.717) is 11.3 Å². The number of hydrogen-bond donors (Lipinski definition) is 2. The Labute approximate surface area is 132 Å². The number of likely N-dealkylation sites (tertiary alicyclic amines) is 1. The van der Waals surface area contributed by atoms with Gasteiger partial charge < -0.3 is 16.0 Å². The molecular formula is C14H18BrN3OS. The number of nitrogens with zero attached hydrogens (tertiary/aromatic N) is 1. The predicted octanol–water partition coefficient (Wildman–Crippen LogP) is 3.49. The zero-order chi connectivity index (χ0) is 14.5. The molecule has 2 amide bonds. The van der Waals surface area contributed by atoms with Gasteiger partial charge in [-0.15, -0.1) is 0 Å². The maximum absolute atomic E-state index is 12.3. The first-order valence-corrected chi connectivity index (χ1v) is 7.93. The Morgan fingerprint density at radius 3 is 2.50 bits per heavy atom. The lowest BCUT2D eigenvalue weighted by molar-refractivity contribution is 0.214. The van der Waals surface area contributed by atoms with Crippen LogP contribution in [0.1, 0.15) is 31.2 Å². The smallest absolute Gasteiger partial charge is 0.321 e. The molecule has 0 aromatic heterocycles. The van der Waals surface area contributed by atoms with E-state index in [1.165, 1.54) is 12.8 Å². The van der Waals surface area contributed by atoms with Crippen LogP contribution in [0.25, 0.3) is 0 Å². The molecule has 108 valence electrons. The lowest BCUT2D eigenvalue weighted by atomic mass is 10.2. The van der Waals surface area contributed by atoms with Crippen molar-refractivity contribution in [2.45, 2.75) is 25.7 Å². The van der Waals surface area contributed by atoms with E-state index in [1.54, 1.807) is 0 Å². The minimum absolute atomic E-state index is 0.0771. The van der Waals surface area contributed by atoms with E-state index >= 15 is 0 Å². The van der Waals surface area contributed by atoms with Gasteiger partial charge in [0.25, 0.3) is 0 Å². The van der Waals surface area contributed by atoms with Gasteiger partial charge in [0.15, 0.2) is 0 Å². The number of urea groups is 1. The number of carbonyl (C=O) groups is 1. The van der Waals surface area contributed by atoms with Gasteiger partial charge in [-0.05, 0) is 31.0 Å². The minimum Gasteiger partial charge on any atom is -0.389 e. The van der Waals surface area contributed by atoms with Crippen LogP contribution in [0, 0.1) is 0 Å². The van der Waals surface area contributed by atoms with Crippen molar-refractivity contribution >= 4 is 44.9 Å². The number of hydrogen-bond acceptors (Lipinski definition) is 2. The normalized spacial score (nSPS) is 15.6. The summed E-state index contributed by atoms with van der Waals surface area (Å²) in [7, 11) is 0. The van der Waals surface area contributed by atoms with Crippen LogP contribution in [0.5, 0.6) is 0 Å². The summed E-state index contributed by atoms with van der Waals surface area (Å²) in [6, 6.07) is 5.42. The molecule has 1 aromatic rings. The second-order valence-electron chi connectivity index (χ2n) is 4.89. The molecule has 1 saturated heterocycles. The summed E-state index contributed by atoms with van der Waals surface area (Å²) in [5, 5.41) is 2.92. The molecule has 0 bridgehead atoms. The number of rotatable bonds is 2. The van der Waals surface area contributed by atoms with Crippen LogP contribution in [0.15, 0.2) is 22.7 Å². The van der Waals surface area contributed by atoms with Crippen molar-refractivity contribution in [1.29, 1.82) is 0 Å². The second kappa shape index (κ2) is 7.04. The lowest BCUT2D eigenvalue weighted by Crippen LogP contribution is -2.36. The van der Waals surface area contributed by atoms with Crippen LogP contribution >= 0.6 is 28.1 Å². The van der Waals surface area contributed by atoms with Gasteiger partial charge in [-0.3, -0.25) is 0 Å². The van der Waals surface area contributed by atoms with E-state index in [2.05, 4.69) is 21.2 Å². The fourth-order valence-corrected chi connectivity index (χ4v) is 2.83. The predicted molar refractivity (Wildman–Crippen MR) is 89.1 cm³/mol. The zero-order valence-corrected chi connectivity index (χ0v) is 13.6.